The zero-order valence-electron chi connectivity index (χ0n) is 10.4. The van der Waals surface area contributed by atoms with E-state index in [1.807, 2.05) is 13.8 Å². The first-order chi connectivity index (χ1) is 8.58. The van der Waals surface area contributed by atoms with Crippen LogP contribution in [0.25, 0.3) is 0 Å². The van der Waals surface area contributed by atoms with E-state index in [-0.39, 0.29) is 12.0 Å². The molecule has 0 saturated heterocycles. The van der Waals surface area contributed by atoms with Crippen LogP contribution in [0.15, 0.2) is 12.3 Å². The molecule has 0 aliphatic rings. The smallest absolute Gasteiger partial charge is 0.252 e. The number of hydrogen-bond acceptors (Lipinski definition) is 5. The number of aromatic nitrogens is 1. The monoisotopic (exact) mass is 272 g/mol. The van der Waals surface area contributed by atoms with Crippen molar-refractivity contribution in [2.24, 2.45) is 5.84 Å². The summed E-state index contributed by atoms with van der Waals surface area (Å²) in [6.45, 7) is 4.83. The van der Waals surface area contributed by atoms with Crippen molar-refractivity contribution in [1.29, 1.82) is 0 Å². The van der Waals surface area contributed by atoms with E-state index in [9.17, 15) is 4.79 Å². The lowest BCUT2D eigenvalue weighted by Crippen LogP contribution is -2.32. The summed E-state index contributed by atoms with van der Waals surface area (Å²) >= 11 is 5.88. The molecule has 0 spiro atoms. The molecule has 0 fully saturated rings. The molecule has 0 radical (unpaired) electrons. The molecule has 100 valence electrons. The lowest BCUT2D eigenvalue weighted by Gasteiger charge is -2.12. The van der Waals surface area contributed by atoms with Crippen LogP contribution in [0.3, 0.4) is 0 Å². The average Bonchev–Trinajstić information content (AvgIpc) is 2.36. The van der Waals surface area contributed by atoms with Gasteiger partial charge in [-0.25, -0.2) is 10.8 Å². The molecule has 0 aliphatic heterocycles. The number of hydrazine groups is 1. The van der Waals surface area contributed by atoms with Crippen molar-refractivity contribution in [3.63, 3.8) is 0 Å². The molecule has 0 aromatic carbocycles. The van der Waals surface area contributed by atoms with Crippen molar-refractivity contribution in [3.8, 4) is 0 Å². The fourth-order valence-corrected chi connectivity index (χ4v) is 1.57. The molecule has 1 atom stereocenters. The maximum absolute atomic E-state index is 11.8. The van der Waals surface area contributed by atoms with E-state index in [0.717, 1.165) is 0 Å². The first-order valence-corrected chi connectivity index (χ1v) is 5.98. The number of carbonyl (C=O) groups is 1. The van der Waals surface area contributed by atoms with Crippen LogP contribution < -0.4 is 16.6 Å². The third-order valence-electron chi connectivity index (χ3n) is 2.24. The van der Waals surface area contributed by atoms with Crippen molar-refractivity contribution in [1.82, 2.24) is 10.3 Å². The minimum atomic E-state index is -0.250. The number of hydrogen-bond donors (Lipinski definition) is 3. The summed E-state index contributed by atoms with van der Waals surface area (Å²) in [5.41, 5.74) is 2.71. The molecule has 1 aromatic rings. The highest BCUT2D eigenvalue weighted by Crippen LogP contribution is 2.18. The molecular formula is C11H17ClN4O2. The largest absolute Gasteiger partial charge is 0.377 e. The van der Waals surface area contributed by atoms with Gasteiger partial charge in [0.15, 0.2) is 5.82 Å². The maximum atomic E-state index is 11.8. The Labute approximate surface area is 111 Å². The van der Waals surface area contributed by atoms with Gasteiger partial charge in [-0.1, -0.05) is 11.6 Å². The molecule has 0 bridgehead atoms. The second-order valence-corrected chi connectivity index (χ2v) is 4.08. The molecule has 1 aromatic heterocycles. The molecule has 0 saturated carbocycles. The highest BCUT2D eigenvalue weighted by Gasteiger charge is 2.10. The number of carbonyl (C=O) groups excluding carboxylic acids is 1. The van der Waals surface area contributed by atoms with Gasteiger partial charge in [0.05, 0.1) is 16.7 Å². The van der Waals surface area contributed by atoms with E-state index in [4.69, 9.17) is 22.2 Å². The Morgan fingerprint density at radius 1 is 1.67 bits per heavy atom. The SMILES string of the molecule is CCOC(C)CNC(=O)c1cnc(NN)c(Cl)c1. The van der Waals surface area contributed by atoms with E-state index >= 15 is 0 Å². The number of halogens is 1. The molecule has 1 rings (SSSR count). The summed E-state index contributed by atoms with van der Waals surface area (Å²) in [7, 11) is 0. The highest BCUT2D eigenvalue weighted by atomic mass is 35.5. The minimum Gasteiger partial charge on any atom is -0.377 e. The summed E-state index contributed by atoms with van der Waals surface area (Å²) < 4.78 is 5.31. The van der Waals surface area contributed by atoms with Gasteiger partial charge in [0.25, 0.3) is 5.91 Å². The van der Waals surface area contributed by atoms with E-state index < -0.39 is 0 Å². The molecule has 6 nitrogen and oxygen atoms in total. The molecule has 1 heterocycles. The number of nitrogens with two attached hydrogens (primary N) is 1. The quantitative estimate of drug-likeness (QED) is 0.534. The first kappa shape index (κ1) is 14.7. The minimum absolute atomic E-state index is 0.0348. The second-order valence-electron chi connectivity index (χ2n) is 3.67. The summed E-state index contributed by atoms with van der Waals surface area (Å²) in [6, 6.07) is 1.50. The van der Waals surface area contributed by atoms with Crippen LogP contribution in [0.1, 0.15) is 24.2 Å². The fourth-order valence-electron chi connectivity index (χ4n) is 1.35. The Morgan fingerprint density at radius 3 is 2.94 bits per heavy atom. The lowest BCUT2D eigenvalue weighted by molar-refractivity contribution is 0.0695. The van der Waals surface area contributed by atoms with Gasteiger partial charge in [-0.05, 0) is 19.9 Å². The lowest BCUT2D eigenvalue weighted by atomic mass is 10.2. The summed E-state index contributed by atoms with van der Waals surface area (Å²) in [5.74, 6) is 5.27. The van der Waals surface area contributed by atoms with Crippen LogP contribution in [0.5, 0.6) is 0 Å². The van der Waals surface area contributed by atoms with Crippen LogP contribution in [0.2, 0.25) is 5.02 Å². The molecule has 0 aliphatic carbocycles. The molecule has 1 unspecified atom stereocenters. The third-order valence-corrected chi connectivity index (χ3v) is 2.53. The predicted octanol–water partition coefficient (Wildman–Crippen LogP) is 1.18. The van der Waals surface area contributed by atoms with Gasteiger partial charge in [-0.2, -0.15) is 0 Å². The average molecular weight is 273 g/mol. The molecular weight excluding hydrogens is 256 g/mol. The van der Waals surface area contributed by atoms with Gasteiger partial charge in [-0.3, -0.25) is 4.79 Å². The Kier molecular flexibility index (Phi) is 5.84. The van der Waals surface area contributed by atoms with Crippen molar-refractivity contribution in [2.45, 2.75) is 20.0 Å². The van der Waals surface area contributed by atoms with E-state index in [0.29, 0.717) is 29.6 Å². The molecule has 7 heteroatoms. The standard InChI is InChI=1S/C11H17ClN4O2/c1-3-18-7(2)5-15-11(17)8-4-9(12)10(16-13)14-6-8/h4,6-7H,3,5,13H2,1-2H3,(H,14,16)(H,15,17). The van der Waals surface area contributed by atoms with Gasteiger partial charge in [0.2, 0.25) is 0 Å². The van der Waals surface area contributed by atoms with Crippen LogP contribution in [-0.2, 0) is 4.74 Å². The Hall–Kier alpha value is -1.37. The fraction of sp³-hybridized carbons (Fsp3) is 0.455. The topological polar surface area (TPSA) is 89.3 Å². The van der Waals surface area contributed by atoms with Gasteiger partial charge in [0, 0.05) is 19.3 Å². The molecule has 1 amide bonds. The van der Waals surface area contributed by atoms with E-state index in [2.05, 4.69) is 15.7 Å². The summed E-state index contributed by atoms with van der Waals surface area (Å²) in [5, 5.41) is 3.03. The van der Waals surface area contributed by atoms with Crippen molar-refractivity contribution in [3.05, 3.63) is 22.8 Å². The third kappa shape index (κ3) is 4.14. The van der Waals surface area contributed by atoms with Crippen LogP contribution >= 0.6 is 11.6 Å². The Balaban J connectivity index is 2.59. The van der Waals surface area contributed by atoms with Gasteiger partial charge in [-0.15, -0.1) is 0 Å². The Morgan fingerprint density at radius 2 is 2.39 bits per heavy atom. The zero-order valence-corrected chi connectivity index (χ0v) is 11.1. The van der Waals surface area contributed by atoms with Gasteiger partial charge in [0.1, 0.15) is 0 Å². The van der Waals surface area contributed by atoms with Crippen LogP contribution in [0.4, 0.5) is 5.82 Å². The van der Waals surface area contributed by atoms with Crippen molar-refractivity contribution in [2.75, 3.05) is 18.6 Å². The van der Waals surface area contributed by atoms with Crippen LogP contribution in [0, 0.1) is 0 Å². The van der Waals surface area contributed by atoms with E-state index in [1.54, 1.807) is 0 Å². The number of nitrogen functional groups attached to an aromatic ring is 1. The predicted molar refractivity (Wildman–Crippen MR) is 70.5 cm³/mol. The second kappa shape index (κ2) is 7.15. The first-order valence-electron chi connectivity index (χ1n) is 5.60. The van der Waals surface area contributed by atoms with Gasteiger partial charge < -0.3 is 15.5 Å². The summed E-state index contributed by atoms with van der Waals surface area (Å²) in [4.78, 5) is 15.7. The van der Waals surface area contributed by atoms with Crippen molar-refractivity contribution >= 4 is 23.3 Å². The zero-order chi connectivity index (χ0) is 13.5. The highest BCUT2D eigenvalue weighted by molar-refractivity contribution is 6.33. The normalized spacial score (nSPS) is 12.0. The number of anilines is 1. The maximum Gasteiger partial charge on any atom is 0.252 e. The number of nitrogens with zero attached hydrogens (tertiary/aromatic N) is 1. The number of rotatable bonds is 6. The molecule has 4 N–H and O–H groups in total. The van der Waals surface area contributed by atoms with Gasteiger partial charge >= 0.3 is 0 Å². The molecule has 18 heavy (non-hydrogen) atoms. The Bertz CT molecular complexity index is 414. The number of ether oxygens (including phenoxy) is 1. The number of amides is 1. The van der Waals surface area contributed by atoms with Crippen molar-refractivity contribution < 1.29 is 9.53 Å². The van der Waals surface area contributed by atoms with Crippen LogP contribution in [-0.4, -0.2) is 30.1 Å². The number of pyridine rings is 1. The number of nitrogens with one attached hydrogen (secondary N) is 2. The van der Waals surface area contributed by atoms with E-state index in [1.165, 1.54) is 12.3 Å². The summed E-state index contributed by atoms with van der Waals surface area (Å²) in [6.07, 6.45) is 1.37.